The van der Waals surface area contributed by atoms with Crippen molar-refractivity contribution in [3.63, 3.8) is 0 Å². The Kier molecular flexibility index (Phi) is 2.42. The summed E-state index contributed by atoms with van der Waals surface area (Å²) in [5, 5.41) is 11.4. The lowest BCUT2D eigenvalue weighted by atomic mass is 10.2. The maximum absolute atomic E-state index is 11.6. The first-order chi connectivity index (χ1) is 6.77. The highest BCUT2D eigenvalue weighted by atomic mass is 16.5. The number of carbonyl (C=O) groups is 1. The number of hydrogen-bond acceptors (Lipinski definition) is 3. The smallest absolute Gasteiger partial charge is 0.224 e. The van der Waals surface area contributed by atoms with E-state index in [1.54, 1.807) is 0 Å². The lowest BCUT2D eigenvalue weighted by Gasteiger charge is -2.10. The van der Waals surface area contributed by atoms with E-state index in [0.29, 0.717) is 31.5 Å². The number of rotatable bonds is 3. The molecule has 2 fully saturated rings. The Hall–Kier alpha value is -1.08. The number of hydrogen-bond donors (Lipinski definition) is 1. The van der Waals surface area contributed by atoms with Crippen molar-refractivity contribution in [2.24, 2.45) is 17.8 Å². The molecule has 14 heavy (non-hydrogen) atoms. The van der Waals surface area contributed by atoms with Crippen LogP contribution in [0.2, 0.25) is 0 Å². The Bertz CT molecular complexity index is 274. The fourth-order valence-electron chi connectivity index (χ4n) is 2.12. The highest BCUT2D eigenvalue weighted by molar-refractivity contribution is 5.83. The largest absolute Gasteiger partial charge is 0.381 e. The molecule has 4 nitrogen and oxygen atoms in total. The standard InChI is InChI=1S/C10H14N2O2/c1-2-6(3-11)12-10(13)9-7-4-14-5-8(7)9/h6-9H,2,4-5H2,1H3,(H,12,13). The van der Waals surface area contributed by atoms with Crippen molar-refractivity contribution in [2.45, 2.75) is 19.4 Å². The van der Waals surface area contributed by atoms with Crippen molar-refractivity contribution in [1.29, 1.82) is 5.26 Å². The topological polar surface area (TPSA) is 62.1 Å². The predicted molar refractivity (Wildman–Crippen MR) is 49.1 cm³/mol. The summed E-state index contributed by atoms with van der Waals surface area (Å²) in [5.74, 6) is 1.00. The molecule has 0 aromatic carbocycles. The normalized spacial score (nSPS) is 35.6. The Labute approximate surface area is 83.2 Å². The van der Waals surface area contributed by atoms with Crippen molar-refractivity contribution in [2.75, 3.05) is 13.2 Å². The van der Waals surface area contributed by atoms with E-state index in [4.69, 9.17) is 10.00 Å². The average molecular weight is 194 g/mol. The molecule has 1 saturated heterocycles. The van der Waals surface area contributed by atoms with Crippen LogP contribution >= 0.6 is 0 Å². The van der Waals surface area contributed by atoms with Crippen LogP contribution in [-0.4, -0.2) is 25.2 Å². The van der Waals surface area contributed by atoms with Gasteiger partial charge in [0.05, 0.1) is 19.3 Å². The van der Waals surface area contributed by atoms with E-state index in [-0.39, 0.29) is 17.9 Å². The van der Waals surface area contributed by atoms with Gasteiger partial charge in [0.25, 0.3) is 0 Å². The highest BCUT2D eigenvalue weighted by Crippen LogP contribution is 2.50. The van der Waals surface area contributed by atoms with Crippen LogP contribution in [0.3, 0.4) is 0 Å². The monoisotopic (exact) mass is 194 g/mol. The third kappa shape index (κ3) is 1.48. The minimum Gasteiger partial charge on any atom is -0.381 e. The van der Waals surface area contributed by atoms with Crippen LogP contribution < -0.4 is 5.32 Å². The molecule has 0 aromatic heterocycles. The molecule has 0 bridgehead atoms. The molecular formula is C10H14N2O2. The van der Waals surface area contributed by atoms with Gasteiger partial charge in [0.1, 0.15) is 6.04 Å². The third-order valence-corrected chi connectivity index (χ3v) is 3.14. The molecular weight excluding hydrogens is 180 g/mol. The Balaban J connectivity index is 1.83. The molecule has 76 valence electrons. The van der Waals surface area contributed by atoms with Gasteiger partial charge in [-0.25, -0.2) is 0 Å². The van der Waals surface area contributed by atoms with Gasteiger partial charge in [-0.1, -0.05) is 6.92 Å². The second-order valence-electron chi connectivity index (χ2n) is 3.99. The zero-order valence-corrected chi connectivity index (χ0v) is 8.19. The minimum atomic E-state index is -0.329. The Morgan fingerprint density at radius 1 is 1.64 bits per heavy atom. The molecule has 0 radical (unpaired) electrons. The van der Waals surface area contributed by atoms with Gasteiger partial charge in [-0.3, -0.25) is 4.79 Å². The van der Waals surface area contributed by atoms with Crippen molar-refractivity contribution >= 4 is 5.91 Å². The van der Waals surface area contributed by atoms with E-state index in [1.807, 2.05) is 6.92 Å². The van der Waals surface area contributed by atoms with E-state index < -0.39 is 0 Å². The first kappa shape index (κ1) is 9.47. The van der Waals surface area contributed by atoms with Crippen LogP contribution in [0, 0.1) is 29.1 Å². The molecule has 2 aliphatic rings. The number of ether oxygens (including phenoxy) is 1. The number of fused-ring (bicyclic) bond motifs is 1. The van der Waals surface area contributed by atoms with Crippen LogP contribution in [0.5, 0.6) is 0 Å². The SMILES string of the molecule is CCC(C#N)NC(=O)C1C2COCC21. The van der Waals surface area contributed by atoms with E-state index >= 15 is 0 Å². The molecule has 4 heteroatoms. The fraction of sp³-hybridized carbons (Fsp3) is 0.800. The van der Waals surface area contributed by atoms with Crippen LogP contribution in [0.1, 0.15) is 13.3 Å². The van der Waals surface area contributed by atoms with E-state index in [1.165, 1.54) is 0 Å². The molecule has 1 aliphatic heterocycles. The van der Waals surface area contributed by atoms with E-state index in [2.05, 4.69) is 11.4 Å². The zero-order valence-electron chi connectivity index (χ0n) is 8.19. The summed E-state index contributed by atoms with van der Waals surface area (Å²) >= 11 is 0. The van der Waals surface area contributed by atoms with Gasteiger partial charge in [0.15, 0.2) is 0 Å². The number of amides is 1. The van der Waals surface area contributed by atoms with Crippen LogP contribution in [0.25, 0.3) is 0 Å². The summed E-state index contributed by atoms with van der Waals surface area (Å²) < 4.78 is 5.20. The molecule has 2 rings (SSSR count). The predicted octanol–water partition coefficient (Wildman–Crippen LogP) is 0.297. The summed E-state index contributed by atoms with van der Waals surface area (Å²) in [6, 6.07) is 1.74. The second kappa shape index (κ2) is 3.58. The summed E-state index contributed by atoms with van der Waals surface area (Å²) in [5.41, 5.74) is 0. The third-order valence-electron chi connectivity index (χ3n) is 3.14. The summed E-state index contributed by atoms with van der Waals surface area (Å²) in [7, 11) is 0. The van der Waals surface area contributed by atoms with Gasteiger partial charge in [-0.15, -0.1) is 0 Å². The zero-order chi connectivity index (χ0) is 10.1. The maximum Gasteiger partial charge on any atom is 0.224 e. The lowest BCUT2D eigenvalue weighted by Crippen LogP contribution is -2.35. The Morgan fingerprint density at radius 3 is 2.79 bits per heavy atom. The molecule has 3 unspecified atom stereocenters. The van der Waals surface area contributed by atoms with Crippen LogP contribution in [0.4, 0.5) is 0 Å². The van der Waals surface area contributed by atoms with Gasteiger partial charge in [0.2, 0.25) is 5.91 Å². The molecule has 1 saturated carbocycles. The molecule has 1 heterocycles. The van der Waals surface area contributed by atoms with Crippen molar-refractivity contribution < 1.29 is 9.53 Å². The molecule has 0 spiro atoms. The first-order valence-electron chi connectivity index (χ1n) is 5.05. The highest BCUT2D eigenvalue weighted by Gasteiger charge is 2.58. The van der Waals surface area contributed by atoms with Gasteiger partial charge >= 0.3 is 0 Å². The van der Waals surface area contributed by atoms with Gasteiger partial charge in [0, 0.05) is 5.92 Å². The number of nitriles is 1. The van der Waals surface area contributed by atoms with E-state index in [0.717, 1.165) is 0 Å². The van der Waals surface area contributed by atoms with Gasteiger partial charge in [-0.05, 0) is 18.3 Å². The minimum absolute atomic E-state index is 0.0386. The van der Waals surface area contributed by atoms with E-state index in [9.17, 15) is 4.79 Å². The molecule has 3 atom stereocenters. The molecule has 1 aliphatic carbocycles. The summed E-state index contributed by atoms with van der Waals surface area (Å²) in [4.78, 5) is 11.6. The first-order valence-corrected chi connectivity index (χ1v) is 5.05. The second-order valence-corrected chi connectivity index (χ2v) is 3.99. The van der Waals surface area contributed by atoms with Crippen LogP contribution in [0.15, 0.2) is 0 Å². The quantitative estimate of drug-likeness (QED) is 0.702. The van der Waals surface area contributed by atoms with Crippen LogP contribution in [-0.2, 0) is 9.53 Å². The Morgan fingerprint density at radius 2 is 2.29 bits per heavy atom. The van der Waals surface area contributed by atoms with Crippen molar-refractivity contribution in [3.05, 3.63) is 0 Å². The maximum atomic E-state index is 11.6. The molecule has 1 N–H and O–H groups in total. The summed E-state index contributed by atoms with van der Waals surface area (Å²) in [6.07, 6.45) is 0.667. The van der Waals surface area contributed by atoms with Gasteiger partial charge < -0.3 is 10.1 Å². The lowest BCUT2D eigenvalue weighted by molar-refractivity contribution is -0.124. The summed E-state index contributed by atoms with van der Waals surface area (Å²) in [6.45, 7) is 3.32. The fourth-order valence-corrected chi connectivity index (χ4v) is 2.12. The van der Waals surface area contributed by atoms with Crippen molar-refractivity contribution in [1.82, 2.24) is 5.32 Å². The number of nitrogens with zero attached hydrogens (tertiary/aromatic N) is 1. The molecule has 0 aromatic rings. The number of carbonyl (C=O) groups excluding carboxylic acids is 1. The van der Waals surface area contributed by atoms with Crippen molar-refractivity contribution in [3.8, 4) is 6.07 Å². The molecule has 1 amide bonds. The number of nitrogens with one attached hydrogen (secondary N) is 1. The average Bonchev–Trinajstić information content (AvgIpc) is 2.69. The van der Waals surface area contributed by atoms with Gasteiger partial charge in [-0.2, -0.15) is 5.26 Å².